The van der Waals surface area contributed by atoms with Gasteiger partial charge in [-0.3, -0.25) is 9.59 Å². The summed E-state index contributed by atoms with van der Waals surface area (Å²) >= 11 is 0. The van der Waals surface area contributed by atoms with E-state index in [1.54, 1.807) is 12.1 Å². The SMILES string of the molecule is CC(NC(=O)c1nc(-c2ccc(O)c3nc(C(F)(F)F)ccc23)oc1[C@H](C)N)C(=O)Nc1ccccc1O. The fraction of sp³-hybridized carbons (Fsp3) is 0.200. The standard InChI is InChI=1S/C25H22F3N5O5/c1-11(29)21-20(23(37)30-12(2)22(36)31-15-5-3-4-6-16(15)34)33-24(38-21)14-7-9-17(35)19-13(14)8-10-18(32-19)25(26,27)28/h3-12,34-35H,29H2,1-2H3,(H,30,37)(H,31,36)/t11-,12?/m0/s1. The van der Waals surface area contributed by atoms with Crippen molar-refractivity contribution in [2.24, 2.45) is 5.73 Å². The van der Waals surface area contributed by atoms with Crippen LogP contribution in [0.5, 0.6) is 11.5 Å². The molecule has 0 saturated carbocycles. The van der Waals surface area contributed by atoms with Gasteiger partial charge in [0.25, 0.3) is 5.91 Å². The molecule has 0 aliphatic rings. The Balaban J connectivity index is 1.65. The van der Waals surface area contributed by atoms with E-state index in [4.69, 9.17) is 10.2 Å². The number of rotatable bonds is 6. The summed E-state index contributed by atoms with van der Waals surface area (Å²) in [7, 11) is 0. The molecule has 2 heterocycles. The normalized spacial score (nSPS) is 13.2. The molecule has 2 aromatic heterocycles. The molecule has 4 rings (SSSR count). The lowest BCUT2D eigenvalue weighted by Crippen LogP contribution is -2.42. The number of halogens is 3. The van der Waals surface area contributed by atoms with Gasteiger partial charge in [0.05, 0.1) is 11.7 Å². The Labute approximate surface area is 213 Å². The molecular formula is C25H22F3N5O5. The number of fused-ring (bicyclic) bond motifs is 1. The molecule has 2 amide bonds. The third-order valence-corrected chi connectivity index (χ3v) is 5.54. The molecule has 4 aromatic rings. The average Bonchev–Trinajstić information content (AvgIpc) is 3.31. The van der Waals surface area contributed by atoms with Crippen LogP contribution in [0.2, 0.25) is 0 Å². The first-order chi connectivity index (χ1) is 17.9. The van der Waals surface area contributed by atoms with E-state index in [0.717, 1.165) is 18.2 Å². The third-order valence-electron chi connectivity index (χ3n) is 5.54. The highest BCUT2D eigenvalue weighted by Crippen LogP contribution is 2.37. The summed E-state index contributed by atoms with van der Waals surface area (Å²) in [5.74, 6) is -2.25. The summed E-state index contributed by atoms with van der Waals surface area (Å²) in [6, 6.07) is 8.52. The number of hydrogen-bond acceptors (Lipinski definition) is 8. The van der Waals surface area contributed by atoms with Gasteiger partial charge in [0.1, 0.15) is 28.8 Å². The van der Waals surface area contributed by atoms with Crippen LogP contribution in [0.1, 0.15) is 41.8 Å². The summed E-state index contributed by atoms with van der Waals surface area (Å²) in [4.78, 5) is 33.3. The van der Waals surface area contributed by atoms with Crippen molar-refractivity contribution < 1.29 is 37.4 Å². The van der Waals surface area contributed by atoms with Crippen molar-refractivity contribution in [2.75, 3.05) is 5.32 Å². The summed E-state index contributed by atoms with van der Waals surface area (Å²) < 4.78 is 45.1. The fourth-order valence-corrected chi connectivity index (χ4v) is 3.62. The van der Waals surface area contributed by atoms with Crippen LogP contribution >= 0.6 is 0 Å². The fourth-order valence-electron chi connectivity index (χ4n) is 3.62. The molecule has 0 bridgehead atoms. The number of benzene rings is 2. The van der Waals surface area contributed by atoms with Crippen LogP contribution in [-0.2, 0) is 11.0 Å². The van der Waals surface area contributed by atoms with Gasteiger partial charge in [0, 0.05) is 10.9 Å². The minimum atomic E-state index is -4.73. The number of phenols is 2. The number of nitrogens with zero attached hydrogens (tertiary/aromatic N) is 2. The molecule has 1 unspecified atom stereocenters. The molecule has 0 aliphatic heterocycles. The van der Waals surface area contributed by atoms with Crippen molar-refractivity contribution in [1.29, 1.82) is 0 Å². The second kappa shape index (κ2) is 10.0. The quantitative estimate of drug-likeness (QED) is 0.233. The molecule has 2 atom stereocenters. The maximum absolute atomic E-state index is 13.1. The van der Waals surface area contributed by atoms with Crippen LogP contribution in [0.25, 0.3) is 22.4 Å². The zero-order chi connectivity index (χ0) is 27.8. The Kier molecular flexibility index (Phi) is 6.96. The molecule has 38 heavy (non-hydrogen) atoms. The van der Waals surface area contributed by atoms with E-state index in [9.17, 15) is 33.0 Å². The number of carbonyl (C=O) groups excluding carboxylic acids is 2. The van der Waals surface area contributed by atoms with Crippen molar-refractivity contribution in [3.63, 3.8) is 0 Å². The Morgan fingerprint density at radius 3 is 2.37 bits per heavy atom. The number of para-hydroxylation sites is 2. The second-order valence-electron chi connectivity index (χ2n) is 8.44. The number of alkyl halides is 3. The predicted octanol–water partition coefficient (Wildman–Crippen LogP) is 4.10. The van der Waals surface area contributed by atoms with Crippen molar-refractivity contribution >= 4 is 28.4 Å². The van der Waals surface area contributed by atoms with Gasteiger partial charge in [-0.15, -0.1) is 0 Å². The van der Waals surface area contributed by atoms with Crippen LogP contribution in [0.4, 0.5) is 18.9 Å². The Morgan fingerprint density at radius 2 is 1.71 bits per heavy atom. The molecule has 2 aromatic carbocycles. The molecule has 0 spiro atoms. The number of amides is 2. The number of hydrogen-bond donors (Lipinski definition) is 5. The molecule has 0 saturated heterocycles. The smallest absolute Gasteiger partial charge is 0.433 e. The summed E-state index contributed by atoms with van der Waals surface area (Å²) in [6.45, 7) is 2.94. The van der Waals surface area contributed by atoms with E-state index in [0.29, 0.717) is 0 Å². The van der Waals surface area contributed by atoms with Crippen LogP contribution in [0.3, 0.4) is 0 Å². The first-order valence-corrected chi connectivity index (χ1v) is 11.2. The van der Waals surface area contributed by atoms with Gasteiger partial charge in [0.2, 0.25) is 11.8 Å². The molecule has 198 valence electrons. The van der Waals surface area contributed by atoms with Crippen molar-refractivity contribution in [3.05, 3.63) is 65.7 Å². The van der Waals surface area contributed by atoms with E-state index in [1.165, 1.54) is 32.0 Å². The highest BCUT2D eigenvalue weighted by atomic mass is 19.4. The number of aromatic hydroxyl groups is 2. The van der Waals surface area contributed by atoms with Crippen molar-refractivity contribution in [3.8, 4) is 23.0 Å². The maximum Gasteiger partial charge on any atom is 0.433 e. The van der Waals surface area contributed by atoms with E-state index in [2.05, 4.69) is 20.6 Å². The molecular weight excluding hydrogens is 507 g/mol. The lowest BCUT2D eigenvalue weighted by molar-refractivity contribution is -0.141. The van der Waals surface area contributed by atoms with Gasteiger partial charge in [-0.1, -0.05) is 12.1 Å². The number of carbonyl (C=O) groups is 2. The molecule has 0 fully saturated rings. The predicted molar refractivity (Wildman–Crippen MR) is 130 cm³/mol. The monoisotopic (exact) mass is 529 g/mol. The molecule has 13 heteroatoms. The largest absolute Gasteiger partial charge is 0.506 e. The van der Waals surface area contributed by atoms with Crippen LogP contribution < -0.4 is 16.4 Å². The summed E-state index contributed by atoms with van der Waals surface area (Å²) in [6.07, 6.45) is -4.73. The maximum atomic E-state index is 13.1. The minimum Gasteiger partial charge on any atom is -0.506 e. The first kappa shape index (κ1) is 26.4. The average molecular weight is 529 g/mol. The van der Waals surface area contributed by atoms with E-state index < -0.39 is 41.5 Å². The highest BCUT2D eigenvalue weighted by Gasteiger charge is 2.33. The number of aromatic nitrogens is 2. The lowest BCUT2D eigenvalue weighted by Gasteiger charge is -2.14. The van der Waals surface area contributed by atoms with Gasteiger partial charge in [0.15, 0.2) is 11.5 Å². The van der Waals surface area contributed by atoms with Gasteiger partial charge >= 0.3 is 6.18 Å². The van der Waals surface area contributed by atoms with Crippen LogP contribution in [0, 0.1) is 0 Å². The van der Waals surface area contributed by atoms with Crippen molar-refractivity contribution in [1.82, 2.24) is 15.3 Å². The van der Waals surface area contributed by atoms with Crippen LogP contribution in [0.15, 0.2) is 52.9 Å². The number of phenolic OH excluding ortho intramolecular Hbond substituents is 2. The third kappa shape index (κ3) is 5.22. The van der Waals surface area contributed by atoms with Gasteiger partial charge < -0.3 is 31.0 Å². The number of nitrogens with one attached hydrogen (secondary N) is 2. The van der Waals surface area contributed by atoms with Crippen LogP contribution in [-0.4, -0.2) is 38.0 Å². The van der Waals surface area contributed by atoms with E-state index in [1.807, 2.05) is 0 Å². The van der Waals surface area contributed by atoms with Crippen molar-refractivity contribution in [2.45, 2.75) is 32.1 Å². The zero-order valence-electron chi connectivity index (χ0n) is 20.0. The number of pyridine rings is 1. The van der Waals surface area contributed by atoms with E-state index in [-0.39, 0.29) is 45.2 Å². The molecule has 6 N–H and O–H groups in total. The zero-order valence-corrected chi connectivity index (χ0v) is 20.0. The Hall–Kier alpha value is -4.65. The highest BCUT2D eigenvalue weighted by molar-refractivity contribution is 6.02. The number of nitrogens with two attached hydrogens (primary N) is 1. The van der Waals surface area contributed by atoms with Gasteiger partial charge in [-0.25, -0.2) is 9.97 Å². The molecule has 10 nitrogen and oxygen atoms in total. The first-order valence-electron chi connectivity index (χ1n) is 11.2. The minimum absolute atomic E-state index is 0.0353. The second-order valence-corrected chi connectivity index (χ2v) is 8.44. The summed E-state index contributed by atoms with van der Waals surface area (Å²) in [5.41, 5.74) is 4.50. The number of oxazole rings is 1. The Morgan fingerprint density at radius 1 is 1.00 bits per heavy atom. The topological polar surface area (TPSA) is 164 Å². The van der Waals surface area contributed by atoms with Gasteiger partial charge in [-0.05, 0) is 50.2 Å². The number of anilines is 1. The molecule has 0 aliphatic carbocycles. The Bertz CT molecular complexity index is 1530. The molecule has 0 radical (unpaired) electrons. The van der Waals surface area contributed by atoms with Gasteiger partial charge in [-0.2, -0.15) is 13.2 Å². The van der Waals surface area contributed by atoms with E-state index >= 15 is 0 Å². The summed E-state index contributed by atoms with van der Waals surface area (Å²) in [5, 5.41) is 25.0. The lowest BCUT2D eigenvalue weighted by atomic mass is 10.1.